The molecule has 0 heteroatoms. The molecule has 0 atom stereocenters. The van der Waals surface area contributed by atoms with Crippen molar-refractivity contribution in [2.45, 2.75) is 65.2 Å². The molecule has 0 radical (unpaired) electrons. The molecule has 15 heavy (non-hydrogen) atoms. The number of unbranched alkanes of at least 4 members (excludes halogenated alkanes) is 1. The van der Waals surface area contributed by atoms with Crippen molar-refractivity contribution in [2.75, 3.05) is 0 Å². The fourth-order valence-electron chi connectivity index (χ4n) is 5.23. The number of hydrogen-bond donors (Lipinski definition) is 0. The lowest BCUT2D eigenvalue weighted by molar-refractivity contribution is -0.103. The van der Waals surface area contributed by atoms with Crippen LogP contribution in [0.1, 0.15) is 65.2 Å². The minimum atomic E-state index is 0.753. The third-order valence-corrected chi connectivity index (χ3v) is 6.07. The molecule has 0 saturated heterocycles. The van der Waals surface area contributed by atoms with Gasteiger partial charge in [-0.05, 0) is 67.6 Å². The lowest BCUT2D eigenvalue weighted by atomic mass is 9.45. The summed E-state index contributed by atoms with van der Waals surface area (Å²) in [6.45, 7) is 4.98. The fraction of sp³-hybridized carbons (Fsp3) is 1.00. The van der Waals surface area contributed by atoms with E-state index < -0.39 is 0 Å². The van der Waals surface area contributed by atoms with Gasteiger partial charge in [0.2, 0.25) is 0 Å². The molecular formula is C15H26. The van der Waals surface area contributed by atoms with Gasteiger partial charge in [0.1, 0.15) is 0 Å². The SMILES string of the molecule is CCCCC1(C)C2CC3CC(C2)CC1C3. The molecule has 0 aromatic carbocycles. The van der Waals surface area contributed by atoms with Crippen molar-refractivity contribution >= 4 is 0 Å². The molecule has 0 amide bonds. The van der Waals surface area contributed by atoms with Crippen molar-refractivity contribution in [3.8, 4) is 0 Å². The van der Waals surface area contributed by atoms with Gasteiger partial charge in [-0.1, -0.05) is 26.7 Å². The van der Waals surface area contributed by atoms with Crippen molar-refractivity contribution < 1.29 is 0 Å². The first-order valence-corrected chi connectivity index (χ1v) is 7.22. The molecule has 86 valence electrons. The van der Waals surface area contributed by atoms with E-state index in [2.05, 4.69) is 13.8 Å². The summed E-state index contributed by atoms with van der Waals surface area (Å²) < 4.78 is 0. The normalized spacial score (nSPS) is 52.4. The van der Waals surface area contributed by atoms with E-state index in [4.69, 9.17) is 0 Å². The maximum Gasteiger partial charge on any atom is -0.0269 e. The highest BCUT2D eigenvalue weighted by Gasteiger charge is 2.53. The summed E-state index contributed by atoms with van der Waals surface area (Å²) in [5, 5.41) is 0. The minimum Gasteiger partial charge on any atom is -0.0654 e. The van der Waals surface area contributed by atoms with Crippen LogP contribution in [0, 0.1) is 29.1 Å². The summed E-state index contributed by atoms with van der Waals surface area (Å²) in [6.07, 6.45) is 12.3. The van der Waals surface area contributed by atoms with E-state index in [1.807, 2.05) is 0 Å². The van der Waals surface area contributed by atoms with Crippen molar-refractivity contribution in [3.63, 3.8) is 0 Å². The van der Waals surface area contributed by atoms with Crippen LogP contribution in [0.2, 0.25) is 0 Å². The zero-order valence-corrected chi connectivity index (χ0v) is 10.5. The average Bonchev–Trinajstić information content (AvgIpc) is 2.22. The molecular weight excluding hydrogens is 180 g/mol. The monoisotopic (exact) mass is 206 g/mol. The predicted molar refractivity (Wildman–Crippen MR) is 64.7 cm³/mol. The van der Waals surface area contributed by atoms with Crippen LogP contribution in [-0.2, 0) is 0 Å². The first-order valence-electron chi connectivity index (χ1n) is 7.22. The molecule has 4 bridgehead atoms. The molecule has 0 spiro atoms. The summed E-state index contributed by atoms with van der Waals surface area (Å²) in [4.78, 5) is 0. The van der Waals surface area contributed by atoms with Gasteiger partial charge in [-0.3, -0.25) is 0 Å². The van der Waals surface area contributed by atoms with Crippen LogP contribution in [0.15, 0.2) is 0 Å². The Kier molecular flexibility index (Phi) is 2.37. The van der Waals surface area contributed by atoms with E-state index in [9.17, 15) is 0 Å². The van der Waals surface area contributed by atoms with Crippen LogP contribution in [0.5, 0.6) is 0 Å². The third-order valence-electron chi connectivity index (χ3n) is 6.07. The van der Waals surface area contributed by atoms with Crippen molar-refractivity contribution in [1.29, 1.82) is 0 Å². The van der Waals surface area contributed by atoms with Gasteiger partial charge in [-0.25, -0.2) is 0 Å². The number of hydrogen-bond acceptors (Lipinski definition) is 0. The lowest BCUT2D eigenvalue weighted by Gasteiger charge is -2.60. The largest absolute Gasteiger partial charge is 0.0654 e. The molecule has 0 unspecified atom stereocenters. The molecule has 4 saturated carbocycles. The summed E-state index contributed by atoms with van der Waals surface area (Å²) in [5.74, 6) is 4.50. The second kappa shape index (κ2) is 3.50. The Balaban J connectivity index is 1.78. The minimum absolute atomic E-state index is 0.753. The summed E-state index contributed by atoms with van der Waals surface area (Å²) in [7, 11) is 0. The molecule has 0 aromatic rings. The Morgan fingerprint density at radius 3 is 1.93 bits per heavy atom. The molecule has 4 rings (SSSR count). The van der Waals surface area contributed by atoms with E-state index >= 15 is 0 Å². The van der Waals surface area contributed by atoms with E-state index in [0.29, 0.717) is 0 Å². The zero-order chi connectivity index (χ0) is 10.5. The van der Waals surface area contributed by atoms with Crippen LogP contribution >= 0.6 is 0 Å². The van der Waals surface area contributed by atoms with Crippen molar-refractivity contribution in [3.05, 3.63) is 0 Å². The smallest absolute Gasteiger partial charge is 0.0269 e. The van der Waals surface area contributed by atoms with Gasteiger partial charge in [0.05, 0.1) is 0 Å². The number of rotatable bonds is 3. The third kappa shape index (κ3) is 1.47. The second-order valence-electron chi connectivity index (χ2n) is 6.91. The van der Waals surface area contributed by atoms with E-state index in [0.717, 1.165) is 29.1 Å². The standard InChI is InChI=1S/C15H26/c1-3-4-5-15(2)13-7-11-6-12(9-13)10-14(15)8-11/h11-14H,3-10H2,1-2H3. The maximum atomic E-state index is 2.63. The molecule has 4 aliphatic rings. The Hall–Kier alpha value is 0. The van der Waals surface area contributed by atoms with Gasteiger partial charge in [-0.15, -0.1) is 0 Å². The van der Waals surface area contributed by atoms with E-state index in [1.54, 1.807) is 32.1 Å². The summed E-state index contributed by atoms with van der Waals surface area (Å²) in [6, 6.07) is 0. The first kappa shape index (κ1) is 10.2. The summed E-state index contributed by atoms with van der Waals surface area (Å²) >= 11 is 0. The van der Waals surface area contributed by atoms with Gasteiger partial charge in [0, 0.05) is 0 Å². The van der Waals surface area contributed by atoms with Crippen LogP contribution in [0.4, 0.5) is 0 Å². The highest BCUT2D eigenvalue weighted by atomic mass is 14.6. The second-order valence-corrected chi connectivity index (χ2v) is 6.91. The predicted octanol–water partition coefficient (Wildman–Crippen LogP) is 4.64. The molecule has 4 aliphatic carbocycles. The van der Waals surface area contributed by atoms with Crippen LogP contribution < -0.4 is 0 Å². The highest BCUT2D eigenvalue weighted by molar-refractivity contribution is 5.03. The van der Waals surface area contributed by atoms with E-state index in [1.165, 1.54) is 19.3 Å². The lowest BCUT2D eigenvalue weighted by Crippen LogP contribution is -2.51. The molecule has 0 aliphatic heterocycles. The van der Waals surface area contributed by atoms with Gasteiger partial charge < -0.3 is 0 Å². The average molecular weight is 206 g/mol. The van der Waals surface area contributed by atoms with Crippen molar-refractivity contribution in [2.24, 2.45) is 29.1 Å². The molecule has 0 aromatic heterocycles. The highest BCUT2D eigenvalue weighted by Crippen LogP contribution is 2.63. The van der Waals surface area contributed by atoms with Gasteiger partial charge in [-0.2, -0.15) is 0 Å². The van der Waals surface area contributed by atoms with Crippen LogP contribution in [0.3, 0.4) is 0 Å². The van der Waals surface area contributed by atoms with Crippen LogP contribution in [-0.4, -0.2) is 0 Å². The Morgan fingerprint density at radius 2 is 1.47 bits per heavy atom. The molecule has 0 nitrogen and oxygen atoms in total. The first-order chi connectivity index (χ1) is 7.22. The van der Waals surface area contributed by atoms with Gasteiger partial charge in [0.25, 0.3) is 0 Å². The molecule has 0 N–H and O–H groups in total. The fourth-order valence-corrected chi connectivity index (χ4v) is 5.23. The molecule has 0 heterocycles. The van der Waals surface area contributed by atoms with Gasteiger partial charge in [0.15, 0.2) is 0 Å². The molecule has 4 fully saturated rings. The topological polar surface area (TPSA) is 0 Å². The summed E-state index contributed by atoms with van der Waals surface area (Å²) in [5.41, 5.74) is 0.753. The van der Waals surface area contributed by atoms with E-state index in [-0.39, 0.29) is 0 Å². The van der Waals surface area contributed by atoms with Crippen LogP contribution in [0.25, 0.3) is 0 Å². The Labute approximate surface area is 94.8 Å². The quantitative estimate of drug-likeness (QED) is 0.631. The Bertz CT molecular complexity index is 212. The van der Waals surface area contributed by atoms with Crippen molar-refractivity contribution in [1.82, 2.24) is 0 Å². The Morgan fingerprint density at radius 1 is 0.933 bits per heavy atom. The zero-order valence-electron chi connectivity index (χ0n) is 10.5. The maximum absolute atomic E-state index is 2.63. The van der Waals surface area contributed by atoms with Gasteiger partial charge >= 0.3 is 0 Å².